The molecule has 0 unspecified atom stereocenters. The van der Waals surface area contributed by atoms with Crippen molar-refractivity contribution in [3.8, 4) is 5.75 Å². The van der Waals surface area contributed by atoms with E-state index in [9.17, 15) is 9.90 Å². The molecule has 0 amide bonds. The van der Waals surface area contributed by atoms with E-state index in [2.05, 4.69) is 73.1 Å². The Morgan fingerprint density at radius 3 is 2.76 bits per heavy atom. The first-order valence-electron chi connectivity index (χ1n) is 12.2. The lowest BCUT2D eigenvalue weighted by atomic mass is 9.72. The molecule has 0 saturated heterocycles. The number of hydrogen-bond acceptors (Lipinski definition) is 4. The number of rotatable bonds is 9. The van der Waals surface area contributed by atoms with E-state index in [0.717, 1.165) is 60.8 Å². The van der Waals surface area contributed by atoms with E-state index < -0.39 is 5.97 Å². The van der Waals surface area contributed by atoms with Crippen LogP contribution in [0.4, 0.5) is 5.69 Å². The van der Waals surface area contributed by atoms with Gasteiger partial charge >= 0.3 is 0 Å². The number of aromatic nitrogens is 1. The van der Waals surface area contributed by atoms with Crippen LogP contribution in [0.1, 0.15) is 64.1 Å². The molecule has 1 aliphatic carbocycles. The first-order valence-corrected chi connectivity index (χ1v) is 12.2. The largest absolute Gasteiger partial charge is 0.550 e. The number of hydrogen-bond donors (Lipinski definition) is 0. The molecule has 1 N–H and O–H groups in total. The third-order valence-electron chi connectivity index (χ3n) is 6.60. The van der Waals surface area contributed by atoms with E-state index >= 15 is 0 Å². The number of nitrogens with one attached hydrogen (secondary N) is 1. The number of benzene rings is 1. The number of aliphatic carboxylic acids is 1. The molecule has 2 aromatic rings. The number of aromatic amines is 1. The van der Waals surface area contributed by atoms with Gasteiger partial charge in [-0.3, -0.25) is 0 Å². The van der Waals surface area contributed by atoms with Gasteiger partial charge in [-0.2, -0.15) is 0 Å². The predicted octanol–water partition coefficient (Wildman–Crippen LogP) is 4.81. The highest BCUT2D eigenvalue weighted by molar-refractivity contribution is 5.73. The number of carboxylic acid groups (broad SMARTS) is 1. The number of pyridine rings is 1. The summed E-state index contributed by atoms with van der Waals surface area (Å²) in [5.74, 6) is 0.839. The molecule has 0 bridgehead atoms. The van der Waals surface area contributed by atoms with Crippen molar-refractivity contribution in [3.63, 3.8) is 0 Å². The molecule has 1 aliphatic heterocycles. The molecule has 4 rings (SSSR count). The first-order chi connectivity index (χ1) is 16.4. The summed E-state index contributed by atoms with van der Waals surface area (Å²) in [6, 6.07) is 12.5. The SMILES string of the molecule is CCN(CCCCCC(=O)[O-])c1ccc2c(c1)OC1=C/C(=C/c3cccc[nH+]3)CC(C)(C)C1=C2. The number of unbranched alkanes of at least 4 members (excludes halogenated alkanes) is 2. The molecule has 1 aromatic carbocycles. The molecule has 0 fully saturated rings. The molecule has 0 spiro atoms. The lowest BCUT2D eigenvalue weighted by molar-refractivity contribution is -0.380. The van der Waals surface area contributed by atoms with Gasteiger partial charge in [-0.05, 0) is 73.9 Å². The van der Waals surface area contributed by atoms with Crippen molar-refractivity contribution in [2.45, 2.75) is 52.9 Å². The average Bonchev–Trinajstić information content (AvgIpc) is 2.80. The number of carbonyl (C=O) groups is 1. The van der Waals surface area contributed by atoms with Crippen molar-refractivity contribution < 1.29 is 19.6 Å². The Morgan fingerprint density at radius 2 is 2.03 bits per heavy atom. The molecule has 0 radical (unpaired) electrons. The van der Waals surface area contributed by atoms with Crippen LogP contribution in [0.15, 0.2) is 65.6 Å². The molecular weight excluding hydrogens is 424 g/mol. The van der Waals surface area contributed by atoms with Gasteiger partial charge in [0, 0.05) is 60.2 Å². The van der Waals surface area contributed by atoms with Crippen LogP contribution in [0.25, 0.3) is 12.2 Å². The Labute approximate surface area is 202 Å². The van der Waals surface area contributed by atoms with Gasteiger partial charge in [0.15, 0.2) is 6.20 Å². The average molecular weight is 459 g/mol. The Kier molecular flexibility index (Phi) is 7.20. The fraction of sp³-hybridized carbons (Fsp3) is 0.379. The monoisotopic (exact) mass is 458 g/mol. The lowest BCUT2D eigenvalue weighted by Crippen LogP contribution is -2.26. The van der Waals surface area contributed by atoms with Crippen molar-refractivity contribution in [2.24, 2.45) is 5.41 Å². The zero-order valence-electron chi connectivity index (χ0n) is 20.4. The standard InChI is InChI=1S/C29H34N2O3/c1-4-31(15-9-5-6-11-28(32)33)24-13-12-22-18-25-27(34-26(22)19-24)17-21(20-29(25,2)3)16-23-10-7-8-14-30-23/h7-8,10,12-14,16-19H,4-6,9,11,15,20H2,1-3H3,(H,32,33)/b21-16-. The normalized spacial score (nSPS) is 17.2. The number of allylic oxidation sites excluding steroid dienone is 3. The molecule has 0 saturated carbocycles. The second-order valence-electron chi connectivity index (χ2n) is 9.75. The minimum Gasteiger partial charge on any atom is -0.550 e. The number of carboxylic acids is 1. The maximum Gasteiger partial charge on any atom is 0.203 e. The van der Waals surface area contributed by atoms with Crippen molar-refractivity contribution in [1.82, 2.24) is 0 Å². The summed E-state index contributed by atoms with van der Waals surface area (Å²) >= 11 is 0. The van der Waals surface area contributed by atoms with Crippen LogP contribution in [0.3, 0.4) is 0 Å². The smallest absolute Gasteiger partial charge is 0.203 e. The second-order valence-corrected chi connectivity index (χ2v) is 9.75. The Morgan fingerprint density at radius 1 is 1.18 bits per heavy atom. The van der Waals surface area contributed by atoms with Gasteiger partial charge in [0.05, 0.1) is 0 Å². The highest BCUT2D eigenvalue weighted by Crippen LogP contribution is 2.48. The third-order valence-corrected chi connectivity index (χ3v) is 6.60. The van der Waals surface area contributed by atoms with Gasteiger partial charge in [0.2, 0.25) is 5.69 Å². The molecular formula is C29H34N2O3. The van der Waals surface area contributed by atoms with Gasteiger partial charge in [0.25, 0.3) is 0 Å². The van der Waals surface area contributed by atoms with E-state index in [4.69, 9.17) is 4.74 Å². The molecule has 2 heterocycles. The maximum atomic E-state index is 10.6. The lowest BCUT2D eigenvalue weighted by Gasteiger charge is -2.37. The van der Waals surface area contributed by atoms with Gasteiger partial charge in [-0.25, -0.2) is 4.98 Å². The van der Waals surface area contributed by atoms with Crippen LogP contribution in [0, 0.1) is 5.41 Å². The van der Waals surface area contributed by atoms with Crippen LogP contribution in [-0.2, 0) is 4.79 Å². The number of anilines is 1. The topological polar surface area (TPSA) is 66.7 Å². The zero-order valence-corrected chi connectivity index (χ0v) is 20.4. The van der Waals surface area contributed by atoms with Gasteiger partial charge < -0.3 is 19.5 Å². The Bertz CT molecular complexity index is 1130. The number of nitrogens with zero attached hydrogens (tertiary/aromatic N) is 1. The van der Waals surface area contributed by atoms with Gasteiger partial charge in [0.1, 0.15) is 11.5 Å². The molecule has 0 atom stereocenters. The summed E-state index contributed by atoms with van der Waals surface area (Å²) in [6.45, 7) is 8.46. The summed E-state index contributed by atoms with van der Waals surface area (Å²) in [5, 5.41) is 10.6. The van der Waals surface area contributed by atoms with Crippen molar-refractivity contribution in [1.29, 1.82) is 0 Å². The predicted molar refractivity (Wildman–Crippen MR) is 134 cm³/mol. The van der Waals surface area contributed by atoms with Crippen LogP contribution in [0.5, 0.6) is 5.75 Å². The summed E-state index contributed by atoms with van der Waals surface area (Å²) < 4.78 is 6.49. The quantitative estimate of drug-likeness (QED) is 0.506. The summed E-state index contributed by atoms with van der Waals surface area (Å²) in [4.78, 5) is 16.2. The molecule has 1 aromatic heterocycles. The molecule has 5 nitrogen and oxygen atoms in total. The fourth-order valence-corrected chi connectivity index (χ4v) is 4.80. The van der Waals surface area contributed by atoms with E-state index in [1.54, 1.807) is 0 Å². The summed E-state index contributed by atoms with van der Waals surface area (Å²) in [6.07, 6.45) is 12.2. The first kappa shape index (κ1) is 23.8. The number of H-pyrrole nitrogens is 1. The Balaban J connectivity index is 1.54. The number of carbonyl (C=O) groups excluding carboxylic acids is 1. The number of fused-ring (bicyclic) bond motifs is 2. The van der Waals surface area contributed by atoms with E-state index in [0.29, 0.717) is 6.42 Å². The van der Waals surface area contributed by atoms with Crippen LogP contribution in [-0.4, -0.2) is 19.1 Å². The van der Waals surface area contributed by atoms with Crippen LogP contribution < -0.4 is 19.7 Å². The summed E-state index contributed by atoms with van der Waals surface area (Å²) in [5.41, 5.74) is 5.77. The minimum absolute atomic E-state index is 0.0258. The number of ether oxygens (including phenoxy) is 1. The highest BCUT2D eigenvalue weighted by atomic mass is 16.5. The van der Waals surface area contributed by atoms with Crippen molar-refractivity contribution in [3.05, 3.63) is 76.8 Å². The van der Waals surface area contributed by atoms with Crippen LogP contribution in [0.2, 0.25) is 0 Å². The molecule has 178 valence electrons. The van der Waals surface area contributed by atoms with Crippen molar-refractivity contribution in [2.75, 3.05) is 18.0 Å². The van der Waals surface area contributed by atoms with Crippen molar-refractivity contribution >= 4 is 23.8 Å². The minimum atomic E-state index is -0.966. The summed E-state index contributed by atoms with van der Waals surface area (Å²) in [7, 11) is 0. The van der Waals surface area contributed by atoms with Crippen LogP contribution >= 0.6 is 0 Å². The van der Waals surface area contributed by atoms with E-state index in [1.165, 1.54) is 11.1 Å². The highest BCUT2D eigenvalue weighted by Gasteiger charge is 2.35. The van der Waals surface area contributed by atoms with Gasteiger partial charge in [-0.15, -0.1) is 0 Å². The van der Waals surface area contributed by atoms with Gasteiger partial charge in [-0.1, -0.05) is 20.3 Å². The maximum absolute atomic E-state index is 10.6. The zero-order chi connectivity index (χ0) is 24.1. The molecule has 2 aliphatic rings. The fourth-order valence-electron chi connectivity index (χ4n) is 4.80. The molecule has 34 heavy (non-hydrogen) atoms. The second kappa shape index (κ2) is 10.3. The van der Waals surface area contributed by atoms with E-state index in [1.807, 2.05) is 18.3 Å². The molecule has 5 heteroatoms. The Hall–Kier alpha value is -3.34. The third kappa shape index (κ3) is 5.58. The van der Waals surface area contributed by atoms with E-state index in [-0.39, 0.29) is 11.8 Å².